The number of aliphatic hydroxyl groups excluding tert-OH is 1. The van der Waals surface area contributed by atoms with E-state index in [-0.39, 0.29) is 18.7 Å². The maximum absolute atomic E-state index is 12.5. The molecule has 1 N–H and O–H groups in total. The summed E-state index contributed by atoms with van der Waals surface area (Å²) >= 11 is 0. The van der Waals surface area contributed by atoms with Crippen LogP contribution in [0.4, 0.5) is 0 Å². The number of rotatable bonds is 30. The molecule has 0 aliphatic heterocycles. The molecular formula is C33H64O4. The molecule has 0 aliphatic rings. The molecule has 37 heavy (non-hydrogen) atoms. The molecule has 0 heterocycles. The fraction of sp³-hybridized carbons (Fsp3) is 0.939. The molecule has 0 amide bonds. The Morgan fingerprint density at radius 3 is 1.35 bits per heavy atom. The summed E-state index contributed by atoms with van der Waals surface area (Å²) in [6.45, 7) is 4.78. The summed E-state index contributed by atoms with van der Waals surface area (Å²) in [4.78, 5) is 24.5. The Bertz CT molecular complexity index is 475. The maximum atomic E-state index is 12.5. The Balaban J connectivity index is 3.90. The molecule has 0 spiro atoms. The van der Waals surface area contributed by atoms with Gasteiger partial charge in [-0.15, -0.1) is 0 Å². The molecule has 0 unspecified atom stereocenters. The van der Waals surface area contributed by atoms with E-state index >= 15 is 0 Å². The molecule has 0 radical (unpaired) electrons. The summed E-state index contributed by atoms with van der Waals surface area (Å²) in [5.41, 5.74) is 0. The smallest absolute Gasteiger partial charge is 0.306 e. The van der Waals surface area contributed by atoms with Gasteiger partial charge in [-0.2, -0.15) is 0 Å². The third-order valence-electron chi connectivity index (χ3n) is 7.51. The highest BCUT2D eigenvalue weighted by Crippen LogP contribution is 2.18. The lowest BCUT2D eigenvalue weighted by atomic mass is 10.0. The molecule has 0 bridgehead atoms. The molecule has 0 fully saturated rings. The lowest BCUT2D eigenvalue weighted by molar-refractivity contribution is -0.150. The Hall–Kier alpha value is -0.900. The predicted molar refractivity (Wildman–Crippen MR) is 158 cm³/mol. The van der Waals surface area contributed by atoms with E-state index in [2.05, 4.69) is 13.8 Å². The van der Waals surface area contributed by atoms with Crippen LogP contribution in [0.3, 0.4) is 0 Å². The van der Waals surface area contributed by atoms with E-state index in [0.717, 1.165) is 77.0 Å². The summed E-state index contributed by atoms with van der Waals surface area (Å²) in [5.74, 6) is 0.392. The van der Waals surface area contributed by atoms with Crippen LogP contribution in [0.25, 0.3) is 0 Å². The zero-order chi connectivity index (χ0) is 27.2. The molecule has 0 aliphatic carbocycles. The molecule has 4 heteroatoms. The van der Waals surface area contributed by atoms with Crippen LogP contribution in [0.1, 0.15) is 187 Å². The van der Waals surface area contributed by atoms with Gasteiger partial charge in [0.1, 0.15) is 11.9 Å². The van der Waals surface area contributed by atoms with Gasteiger partial charge in [0.25, 0.3) is 0 Å². The largest absolute Gasteiger partial charge is 0.462 e. The van der Waals surface area contributed by atoms with Gasteiger partial charge >= 0.3 is 5.97 Å². The minimum atomic E-state index is -0.00358. The second kappa shape index (κ2) is 29.7. The number of hydrogen-bond donors (Lipinski definition) is 1. The summed E-state index contributed by atoms with van der Waals surface area (Å²) in [6, 6.07) is 0. The number of unbranched alkanes of at least 4 members (excludes halogenated alkanes) is 18. The van der Waals surface area contributed by atoms with Crippen molar-refractivity contribution in [2.45, 2.75) is 193 Å². The van der Waals surface area contributed by atoms with Gasteiger partial charge < -0.3 is 9.84 Å². The van der Waals surface area contributed by atoms with E-state index in [0.29, 0.717) is 25.0 Å². The number of Topliss-reactive ketones (excluding diaryl/α,β-unsaturated/α-hetero) is 1. The monoisotopic (exact) mass is 524 g/mol. The molecule has 0 saturated heterocycles. The number of carbonyl (C=O) groups excluding carboxylic acids is 2. The molecule has 0 aromatic heterocycles. The number of hydrogen-bond acceptors (Lipinski definition) is 4. The molecule has 0 aromatic carbocycles. The zero-order valence-corrected chi connectivity index (χ0v) is 25.0. The summed E-state index contributed by atoms with van der Waals surface area (Å²) < 4.78 is 5.94. The van der Waals surface area contributed by atoms with Crippen LogP contribution in [0.5, 0.6) is 0 Å². The van der Waals surface area contributed by atoms with E-state index < -0.39 is 0 Å². The first kappa shape index (κ1) is 36.1. The number of ether oxygens (including phenoxy) is 1. The van der Waals surface area contributed by atoms with Gasteiger partial charge in [-0.25, -0.2) is 0 Å². The van der Waals surface area contributed by atoms with Crippen molar-refractivity contribution in [2.75, 3.05) is 6.61 Å². The van der Waals surface area contributed by atoms with Gasteiger partial charge in [0.05, 0.1) is 0 Å². The molecule has 0 atom stereocenters. The quantitative estimate of drug-likeness (QED) is 0.0750. The van der Waals surface area contributed by atoms with Crippen molar-refractivity contribution in [1.29, 1.82) is 0 Å². The maximum Gasteiger partial charge on any atom is 0.306 e. The van der Waals surface area contributed by atoms with Crippen molar-refractivity contribution in [1.82, 2.24) is 0 Å². The lowest BCUT2D eigenvalue weighted by Gasteiger charge is -2.18. The van der Waals surface area contributed by atoms with Crippen LogP contribution < -0.4 is 0 Å². The van der Waals surface area contributed by atoms with E-state index in [1.807, 2.05) is 0 Å². The standard InChI is InChI=1S/C33H64O4/c1-3-5-7-9-15-21-27-32(28-22-16-10-8-6-4-2)37-33(36)29-23-17-11-13-19-25-31(35)26-20-14-12-18-24-30-34/h32,34H,3-30H2,1-2H3. The van der Waals surface area contributed by atoms with Crippen LogP contribution in [0.15, 0.2) is 0 Å². The first-order chi connectivity index (χ1) is 18.1. The summed E-state index contributed by atoms with van der Waals surface area (Å²) in [5, 5.41) is 8.78. The molecular weight excluding hydrogens is 460 g/mol. The van der Waals surface area contributed by atoms with Gasteiger partial charge in [-0.1, -0.05) is 117 Å². The second-order valence-corrected chi connectivity index (χ2v) is 11.3. The fourth-order valence-electron chi connectivity index (χ4n) is 5.02. The van der Waals surface area contributed by atoms with Crippen molar-refractivity contribution >= 4 is 11.8 Å². The second-order valence-electron chi connectivity index (χ2n) is 11.3. The van der Waals surface area contributed by atoms with Gasteiger partial charge in [0.2, 0.25) is 0 Å². The van der Waals surface area contributed by atoms with Crippen molar-refractivity contribution in [3.8, 4) is 0 Å². The van der Waals surface area contributed by atoms with Gasteiger partial charge in [0, 0.05) is 25.9 Å². The van der Waals surface area contributed by atoms with Crippen molar-refractivity contribution < 1.29 is 19.4 Å². The third-order valence-corrected chi connectivity index (χ3v) is 7.51. The SMILES string of the molecule is CCCCCCCCC(CCCCCCCC)OC(=O)CCCCCCCC(=O)CCCCCCCO. The fourth-order valence-corrected chi connectivity index (χ4v) is 5.02. The zero-order valence-electron chi connectivity index (χ0n) is 25.0. The Labute approximate surface area is 231 Å². The van der Waals surface area contributed by atoms with E-state index in [1.165, 1.54) is 77.0 Å². The van der Waals surface area contributed by atoms with Gasteiger partial charge in [0.15, 0.2) is 0 Å². The first-order valence-electron chi connectivity index (χ1n) is 16.5. The molecule has 4 nitrogen and oxygen atoms in total. The Kier molecular flexibility index (Phi) is 28.9. The molecule has 220 valence electrons. The molecule has 0 saturated carbocycles. The highest BCUT2D eigenvalue weighted by Gasteiger charge is 2.14. The third kappa shape index (κ3) is 27.9. The molecule has 0 aromatic rings. The minimum absolute atomic E-state index is 0.00358. The van der Waals surface area contributed by atoms with Crippen LogP contribution in [-0.2, 0) is 14.3 Å². The Morgan fingerprint density at radius 2 is 0.892 bits per heavy atom. The van der Waals surface area contributed by atoms with Gasteiger partial charge in [-0.05, 0) is 51.4 Å². The van der Waals surface area contributed by atoms with Gasteiger partial charge in [-0.3, -0.25) is 9.59 Å². The Morgan fingerprint density at radius 1 is 0.514 bits per heavy atom. The van der Waals surface area contributed by atoms with Crippen molar-refractivity contribution in [3.63, 3.8) is 0 Å². The number of aliphatic hydroxyl groups is 1. The highest BCUT2D eigenvalue weighted by atomic mass is 16.5. The normalized spacial score (nSPS) is 11.4. The first-order valence-corrected chi connectivity index (χ1v) is 16.5. The highest BCUT2D eigenvalue weighted by molar-refractivity contribution is 5.78. The van der Waals surface area contributed by atoms with Crippen LogP contribution in [0.2, 0.25) is 0 Å². The number of esters is 1. The number of carbonyl (C=O) groups is 2. The van der Waals surface area contributed by atoms with Crippen molar-refractivity contribution in [3.05, 3.63) is 0 Å². The van der Waals surface area contributed by atoms with E-state index in [4.69, 9.17) is 9.84 Å². The summed E-state index contributed by atoms with van der Waals surface area (Å²) in [7, 11) is 0. The topological polar surface area (TPSA) is 63.6 Å². The van der Waals surface area contributed by atoms with E-state index in [1.54, 1.807) is 0 Å². The van der Waals surface area contributed by atoms with Crippen LogP contribution in [0, 0.1) is 0 Å². The van der Waals surface area contributed by atoms with Crippen molar-refractivity contribution in [2.24, 2.45) is 0 Å². The molecule has 0 rings (SSSR count). The average Bonchev–Trinajstić information content (AvgIpc) is 2.89. The lowest BCUT2D eigenvalue weighted by Crippen LogP contribution is -2.18. The predicted octanol–water partition coefficient (Wildman–Crippen LogP) is 10.0. The summed E-state index contributed by atoms with van der Waals surface area (Å²) in [6.07, 6.45) is 29.8. The van der Waals surface area contributed by atoms with Crippen LogP contribution in [-0.4, -0.2) is 29.6 Å². The van der Waals surface area contributed by atoms with E-state index in [9.17, 15) is 9.59 Å². The number of ketones is 1. The average molecular weight is 525 g/mol. The minimum Gasteiger partial charge on any atom is -0.462 e. The van der Waals surface area contributed by atoms with Crippen LogP contribution >= 0.6 is 0 Å².